The van der Waals surface area contributed by atoms with Crippen molar-refractivity contribution >= 4 is 17.5 Å². The van der Waals surface area contributed by atoms with Gasteiger partial charge in [-0.05, 0) is 36.2 Å². The highest BCUT2D eigenvalue weighted by molar-refractivity contribution is 6.33. The van der Waals surface area contributed by atoms with Gasteiger partial charge in [0.2, 0.25) is 0 Å². The third-order valence-electron chi connectivity index (χ3n) is 4.35. The molecule has 132 valence electrons. The van der Waals surface area contributed by atoms with Crippen molar-refractivity contribution in [2.24, 2.45) is 0 Å². The fourth-order valence-corrected chi connectivity index (χ4v) is 3.36. The molecule has 0 N–H and O–H groups in total. The Balaban J connectivity index is 1.72. The maximum absolute atomic E-state index is 12.6. The molecule has 2 aromatic carbocycles. The monoisotopic (exact) mass is 359 g/mol. The van der Waals surface area contributed by atoms with Gasteiger partial charge in [-0.15, -0.1) is 0 Å². The first-order valence-electron chi connectivity index (χ1n) is 8.36. The van der Waals surface area contributed by atoms with E-state index in [1.54, 1.807) is 11.9 Å². The molecule has 1 aliphatic heterocycles. The highest BCUT2D eigenvalue weighted by atomic mass is 35.5. The van der Waals surface area contributed by atoms with Crippen molar-refractivity contribution < 1.29 is 14.3 Å². The molecular weight excluding hydrogens is 338 g/mol. The van der Waals surface area contributed by atoms with Gasteiger partial charge in [-0.3, -0.25) is 4.79 Å². The summed E-state index contributed by atoms with van der Waals surface area (Å²) in [7, 11) is 1.78. The smallest absolute Gasteiger partial charge is 0.253 e. The fourth-order valence-electron chi connectivity index (χ4n) is 3.03. The topological polar surface area (TPSA) is 38.8 Å². The lowest BCUT2D eigenvalue weighted by molar-refractivity contribution is -0.0933. The van der Waals surface area contributed by atoms with Gasteiger partial charge in [0.25, 0.3) is 5.91 Å². The summed E-state index contributed by atoms with van der Waals surface area (Å²) in [5.41, 5.74) is 3.77. The largest absolute Gasteiger partial charge is 0.376 e. The second-order valence-corrected chi connectivity index (χ2v) is 6.67. The average molecular weight is 360 g/mol. The Morgan fingerprint density at radius 3 is 2.60 bits per heavy atom. The van der Waals surface area contributed by atoms with Crippen LogP contribution < -0.4 is 0 Å². The van der Waals surface area contributed by atoms with Crippen molar-refractivity contribution in [2.45, 2.75) is 13.0 Å². The summed E-state index contributed by atoms with van der Waals surface area (Å²) >= 11 is 6.32. The van der Waals surface area contributed by atoms with Crippen LogP contribution in [0.2, 0.25) is 5.02 Å². The zero-order valence-electron chi connectivity index (χ0n) is 14.5. The van der Waals surface area contributed by atoms with E-state index in [1.807, 2.05) is 49.4 Å². The number of hydrogen-bond acceptors (Lipinski definition) is 3. The van der Waals surface area contributed by atoms with E-state index in [2.05, 4.69) is 0 Å². The van der Waals surface area contributed by atoms with E-state index < -0.39 is 0 Å². The molecule has 1 amide bonds. The van der Waals surface area contributed by atoms with Crippen molar-refractivity contribution in [3.8, 4) is 11.1 Å². The number of benzene rings is 2. The molecule has 0 radical (unpaired) electrons. The van der Waals surface area contributed by atoms with Crippen molar-refractivity contribution in [3.63, 3.8) is 0 Å². The van der Waals surface area contributed by atoms with Gasteiger partial charge in [0.05, 0.1) is 25.9 Å². The summed E-state index contributed by atoms with van der Waals surface area (Å²) in [6.45, 7) is 4.28. The number of aryl methyl sites for hydroxylation is 1. The van der Waals surface area contributed by atoms with Gasteiger partial charge >= 0.3 is 0 Å². The summed E-state index contributed by atoms with van der Waals surface area (Å²) in [5, 5.41) is 0.714. The molecule has 1 heterocycles. The lowest BCUT2D eigenvalue weighted by atomic mass is 9.99. The highest BCUT2D eigenvalue weighted by Gasteiger charge is 2.20. The highest BCUT2D eigenvalue weighted by Crippen LogP contribution is 2.31. The lowest BCUT2D eigenvalue weighted by Crippen LogP contribution is -2.40. The summed E-state index contributed by atoms with van der Waals surface area (Å²) in [6.07, 6.45) is -0.0623. The standard InChI is InChI=1S/C20H22ClNO3/c1-14-4-3-5-18(21)19(14)15-6-8-16(9-7-15)20(23)22(2)12-17-13-24-10-11-25-17/h3-9,17H,10-13H2,1-2H3/t17-/m1/s1. The number of halogens is 1. The first-order valence-corrected chi connectivity index (χ1v) is 8.74. The number of carbonyl (C=O) groups is 1. The predicted molar refractivity (Wildman–Crippen MR) is 99.1 cm³/mol. The number of likely N-dealkylation sites (N-methyl/N-ethyl adjacent to an activating group) is 1. The molecule has 2 aromatic rings. The van der Waals surface area contributed by atoms with Crippen molar-refractivity contribution in [3.05, 3.63) is 58.6 Å². The van der Waals surface area contributed by atoms with E-state index in [0.29, 0.717) is 37.0 Å². The first-order chi connectivity index (χ1) is 12.1. The van der Waals surface area contributed by atoms with Gasteiger partial charge < -0.3 is 14.4 Å². The third kappa shape index (κ3) is 4.21. The molecule has 0 aromatic heterocycles. The van der Waals surface area contributed by atoms with E-state index in [0.717, 1.165) is 16.7 Å². The molecule has 0 aliphatic carbocycles. The Hall–Kier alpha value is -1.88. The van der Waals surface area contributed by atoms with Gasteiger partial charge in [-0.25, -0.2) is 0 Å². The molecule has 1 aliphatic rings. The number of nitrogens with zero attached hydrogens (tertiary/aromatic N) is 1. The van der Waals surface area contributed by atoms with Gasteiger partial charge in [-0.1, -0.05) is 35.9 Å². The molecule has 4 nitrogen and oxygen atoms in total. The molecular formula is C20H22ClNO3. The summed E-state index contributed by atoms with van der Waals surface area (Å²) < 4.78 is 11.0. The quantitative estimate of drug-likeness (QED) is 0.833. The Morgan fingerprint density at radius 2 is 1.96 bits per heavy atom. The number of rotatable bonds is 4. The normalized spacial score (nSPS) is 17.3. The SMILES string of the molecule is Cc1cccc(Cl)c1-c1ccc(C(=O)N(C)C[C@@H]2COCCO2)cc1. The van der Waals surface area contributed by atoms with E-state index in [1.165, 1.54) is 0 Å². The van der Waals surface area contributed by atoms with E-state index in [-0.39, 0.29) is 12.0 Å². The summed E-state index contributed by atoms with van der Waals surface area (Å²) in [4.78, 5) is 14.3. The van der Waals surface area contributed by atoms with Crippen LogP contribution >= 0.6 is 11.6 Å². The Kier molecular flexibility index (Phi) is 5.74. The lowest BCUT2D eigenvalue weighted by Gasteiger charge is -2.27. The van der Waals surface area contributed by atoms with Crippen LogP contribution in [0.3, 0.4) is 0 Å². The zero-order valence-corrected chi connectivity index (χ0v) is 15.3. The van der Waals surface area contributed by atoms with Crippen molar-refractivity contribution in [2.75, 3.05) is 33.4 Å². The molecule has 25 heavy (non-hydrogen) atoms. The molecule has 0 saturated carbocycles. The minimum Gasteiger partial charge on any atom is -0.376 e. The molecule has 0 spiro atoms. The van der Waals surface area contributed by atoms with Crippen molar-refractivity contribution in [1.82, 2.24) is 4.90 Å². The first kappa shape index (κ1) is 17.9. The van der Waals surface area contributed by atoms with Crippen LogP contribution in [0.1, 0.15) is 15.9 Å². The number of amides is 1. The predicted octanol–water partition coefficient (Wildman–Crippen LogP) is 3.80. The van der Waals surface area contributed by atoms with Crippen LogP contribution in [0.4, 0.5) is 0 Å². The molecule has 1 atom stereocenters. The van der Waals surface area contributed by atoms with Gasteiger partial charge in [0.1, 0.15) is 0 Å². The molecule has 5 heteroatoms. The van der Waals surface area contributed by atoms with Crippen LogP contribution in [0.5, 0.6) is 0 Å². The van der Waals surface area contributed by atoms with Gasteiger partial charge in [0, 0.05) is 29.7 Å². The fraction of sp³-hybridized carbons (Fsp3) is 0.350. The van der Waals surface area contributed by atoms with Crippen LogP contribution in [0, 0.1) is 6.92 Å². The second-order valence-electron chi connectivity index (χ2n) is 6.26. The second kappa shape index (κ2) is 8.00. The van der Waals surface area contributed by atoms with E-state index in [4.69, 9.17) is 21.1 Å². The minimum atomic E-state index is -0.0623. The maximum atomic E-state index is 12.6. The van der Waals surface area contributed by atoms with E-state index >= 15 is 0 Å². The summed E-state index contributed by atoms with van der Waals surface area (Å²) in [5.74, 6) is -0.0309. The number of hydrogen-bond donors (Lipinski definition) is 0. The molecule has 0 unspecified atom stereocenters. The molecule has 0 bridgehead atoms. The Bertz CT molecular complexity index is 719. The molecule has 1 saturated heterocycles. The van der Waals surface area contributed by atoms with Gasteiger partial charge in [-0.2, -0.15) is 0 Å². The summed E-state index contributed by atoms with van der Waals surface area (Å²) in [6, 6.07) is 13.4. The van der Waals surface area contributed by atoms with Crippen molar-refractivity contribution in [1.29, 1.82) is 0 Å². The van der Waals surface area contributed by atoms with E-state index in [9.17, 15) is 4.79 Å². The Morgan fingerprint density at radius 1 is 1.20 bits per heavy atom. The van der Waals surface area contributed by atoms with Crippen LogP contribution in [0.15, 0.2) is 42.5 Å². The minimum absolute atomic E-state index is 0.0309. The van der Waals surface area contributed by atoms with Crippen LogP contribution in [0.25, 0.3) is 11.1 Å². The number of carbonyl (C=O) groups excluding carboxylic acids is 1. The van der Waals surface area contributed by atoms with Crippen LogP contribution in [-0.2, 0) is 9.47 Å². The average Bonchev–Trinajstić information content (AvgIpc) is 2.62. The van der Waals surface area contributed by atoms with Crippen LogP contribution in [-0.4, -0.2) is 50.3 Å². The number of ether oxygens (including phenoxy) is 2. The maximum Gasteiger partial charge on any atom is 0.253 e. The zero-order chi connectivity index (χ0) is 17.8. The third-order valence-corrected chi connectivity index (χ3v) is 4.67. The van der Waals surface area contributed by atoms with Gasteiger partial charge in [0.15, 0.2) is 0 Å². The molecule has 3 rings (SSSR count). The Labute approximate surface area is 153 Å². The molecule has 1 fully saturated rings.